The van der Waals surface area contributed by atoms with Crippen molar-refractivity contribution in [2.75, 3.05) is 6.61 Å². The van der Waals surface area contributed by atoms with Crippen molar-refractivity contribution in [2.24, 2.45) is 0 Å². The van der Waals surface area contributed by atoms with Gasteiger partial charge in [0, 0.05) is 36.3 Å². The molecule has 1 aromatic carbocycles. The molecular weight excluding hydrogens is 260 g/mol. The molecule has 0 saturated heterocycles. The molecule has 0 unspecified atom stereocenters. The number of benzene rings is 1. The van der Waals surface area contributed by atoms with E-state index in [2.05, 4.69) is 10.3 Å². The van der Waals surface area contributed by atoms with E-state index in [0.29, 0.717) is 0 Å². The van der Waals surface area contributed by atoms with Gasteiger partial charge >= 0.3 is 0 Å². The monoisotopic (exact) mass is 274 g/mol. The molecule has 3 nitrogen and oxygen atoms in total. The van der Waals surface area contributed by atoms with Crippen molar-refractivity contribution < 1.29 is 4.74 Å². The van der Waals surface area contributed by atoms with Crippen LogP contribution in [0.3, 0.4) is 0 Å². The molecule has 0 fully saturated rings. The Morgan fingerprint density at radius 2 is 2.21 bits per heavy atom. The van der Waals surface area contributed by atoms with Crippen LogP contribution >= 0.6 is 11.6 Å². The molecule has 98 valence electrons. The topological polar surface area (TPSA) is 34.2 Å². The van der Waals surface area contributed by atoms with Crippen molar-refractivity contribution in [1.29, 1.82) is 0 Å². The maximum absolute atomic E-state index is 6.13. The quantitative estimate of drug-likeness (QED) is 0.931. The third kappa shape index (κ3) is 2.88. The van der Waals surface area contributed by atoms with Crippen molar-refractivity contribution >= 4 is 11.6 Å². The molecule has 0 aliphatic carbocycles. The molecule has 1 aromatic heterocycles. The fourth-order valence-electron chi connectivity index (χ4n) is 2.31. The van der Waals surface area contributed by atoms with Crippen LogP contribution in [0.2, 0.25) is 5.02 Å². The Morgan fingerprint density at radius 3 is 3.05 bits per heavy atom. The molecule has 0 amide bonds. The van der Waals surface area contributed by atoms with E-state index in [1.807, 2.05) is 30.3 Å². The Labute approximate surface area is 117 Å². The van der Waals surface area contributed by atoms with Crippen LogP contribution in [0.25, 0.3) is 0 Å². The van der Waals surface area contributed by atoms with Crippen LogP contribution < -0.4 is 10.1 Å². The highest BCUT2D eigenvalue weighted by molar-refractivity contribution is 6.30. The zero-order valence-electron chi connectivity index (χ0n) is 10.5. The predicted molar refractivity (Wildman–Crippen MR) is 75.4 cm³/mol. The van der Waals surface area contributed by atoms with Crippen molar-refractivity contribution in [2.45, 2.75) is 19.5 Å². The highest BCUT2D eigenvalue weighted by Crippen LogP contribution is 2.32. The van der Waals surface area contributed by atoms with Crippen LogP contribution in [-0.2, 0) is 19.5 Å². The lowest BCUT2D eigenvalue weighted by Gasteiger charge is -2.10. The zero-order valence-corrected chi connectivity index (χ0v) is 11.3. The second-order valence-electron chi connectivity index (χ2n) is 4.58. The van der Waals surface area contributed by atoms with Crippen molar-refractivity contribution in [3.05, 3.63) is 58.4 Å². The zero-order chi connectivity index (χ0) is 13.1. The van der Waals surface area contributed by atoms with Crippen LogP contribution in [0.15, 0.2) is 36.5 Å². The third-order valence-electron chi connectivity index (χ3n) is 3.17. The second-order valence-corrected chi connectivity index (χ2v) is 5.01. The largest absolute Gasteiger partial charge is 0.493 e. The molecule has 1 N–H and O–H groups in total. The lowest BCUT2D eigenvalue weighted by Crippen LogP contribution is -2.14. The Balaban J connectivity index is 1.67. The van der Waals surface area contributed by atoms with Crippen LogP contribution in [-0.4, -0.2) is 11.6 Å². The van der Waals surface area contributed by atoms with Gasteiger partial charge in [0.15, 0.2) is 0 Å². The first-order valence-corrected chi connectivity index (χ1v) is 6.75. The maximum atomic E-state index is 6.13. The number of nitrogens with one attached hydrogen (secondary N) is 1. The Bertz CT molecular complexity index is 572. The van der Waals surface area contributed by atoms with Gasteiger partial charge in [-0.3, -0.25) is 4.98 Å². The summed E-state index contributed by atoms with van der Waals surface area (Å²) in [6.07, 6.45) is 2.75. The number of ether oxygens (including phenoxy) is 1. The first-order chi connectivity index (χ1) is 9.33. The summed E-state index contributed by atoms with van der Waals surface area (Å²) >= 11 is 6.13. The van der Waals surface area contributed by atoms with Gasteiger partial charge in [0.05, 0.1) is 12.3 Å². The predicted octanol–water partition coefficient (Wildman–Crippen LogP) is 2.96. The Morgan fingerprint density at radius 1 is 1.26 bits per heavy atom. The molecule has 1 aliphatic heterocycles. The molecular formula is C15H15ClN2O. The molecule has 3 rings (SSSR count). The molecule has 0 saturated carbocycles. The smallest absolute Gasteiger partial charge is 0.127 e. The second kappa shape index (κ2) is 5.59. The molecule has 2 aromatic rings. The number of aromatic nitrogens is 1. The molecule has 4 heteroatoms. The van der Waals surface area contributed by atoms with Gasteiger partial charge in [-0.1, -0.05) is 17.7 Å². The number of hydrogen-bond donors (Lipinski definition) is 1. The SMILES string of the molecule is Clc1cc2c(c(CNCc3ccccn3)c1)OCC2. The molecule has 19 heavy (non-hydrogen) atoms. The van der Waals surface area contributed by atoms with Gasteiger partial charge in [-0.05, 0) is 29.8 Å². The van der Waals surface area contributed by atoms with Crippen LogP contribution in [0.5, 0.6) is 5.75 Å². The average Bonchev–Trinajstić information content (AvgIpc) is 2.88. The van der Waals surface area contributed by atoms with Crippen molar-refractivity contribution in [3.8, 4) is 5.75 Å². The van der Waals surface area contributed by atoms with Crippen LogP contribution in [0.4, 0.5) is 0 Å². The minimum absolute atomic E-state index is 0.736. The normalized spacial score (nSPS) is 13.1. The van der Waals surface area contributed by atoms with E-state index in [9.17, 15) is 0 Å². The summed E-state index contributed by atoms with van der Waals surface area (Å²) in [6, 6.07) is 9.88. The molecule has 0 radical (unpaired) electrons. The van der Waals surface area contributed by atoms with Gasteiger partial charge in [-0.25, -0.2) is 0 Å². The first-order valence-electron chi connectivity index (χ1n) is 6.37. The highest BCUT2D eigenvalue weighted by Gasteiger charge is 2.17. The van der Waals surface area contributed by atoms with Gasteiger partial charge in [0.2, 0.25) is 0 Å². The van der Waals surface area contributed by atoms with Crippen LogP contribution in [0.1, 0.15) is 16.8 Å². The minimum atomic E-state index is 0.736. The number of hydrogen-bond acceptors (Lipinski definition) is 3. The van der Waals surface area contributed by atoms with E-state index in [4.69, 9.17) is 16.3 Å². The van der Waals surface area contributed by atoms with Crippen molar-refractivity contribution in [1.82, 2.24) is 10.3 Å². The summed E-state index contributed by atoms with van der Waals surface area (Å²) in [7, 11) is 0. The number of halogens is 1. The van der Waals surface area contributed by atoms with E-state index < -0.39 is 0 Å². The first kappa shape index (κ1) is 12.5. The summed E-state index contributed by atoms with van der Waals surface area (Å²) < 4.78 is 5.67. The lowest BCUT2D eigenvalue weighted by atomic mass is 10.1. The fraction of sp³-hybridized carbons (Fsp3) is 0.267. The number of fused-ring (bicyclic) bond motifs is 1. The number of nitrogens with zero attached hydrogens (tertiary/aromatic N) is 1. The van der Waals surface area contributed by atoms with Gasteiger partial charge < -0.3 is 10.1 Å². The van der Waals surface area contributed by atoms with Gasteiger partial charge in [-0.15, -0.1) is 0 Å². The Kier molecular flexibility index (Phi) is 3.67. The van der Waals surface area contributed by atoms with Gasteiger partial charge in [0.25, 0.3) is 0 Å². The average molecular weight is 275 g/mol. The van der Waals surface area contributed by atoms with Crippen molar-refractivity contribution in [3.63, 3.8) is 0 Å². The van der Waals surface area contributed by atoms with Gasteiger partial charge in [0.1, 0.15) is 5.75 Å². The summed E-state index contributed by atoms with van der Waals surface area (Å²) in [6.45, 7) is 2.23. The molecule has 1 aliphatic rings. The molecule has 2 heterocycles. The number of pyridine rings is 1. The molecule has 0 atom stereocenters. The maximum Gasteiger partial charge on any atom is 0.127 e. The van der Waals surface area contributed by atoms with E-state index in [-0.39, 0.29) is 0 Å². The van der Waals surface area contributed by atoms with E-state index >= 15 is 0 Å². The minimum Gasteiger partial charge on any atom is -0.493 e. The summed E-state index contributed by atoms with van der Waals surface area (Å²) in [5, 5.41) is 4.15. The summed E-state index contributed by atoms with van der Waals surface area (Å²) in [4.78, 5) is 4.28. The fourth-order valence-corrected chi connectivity index (χ4v) is 2.57. The number of rotatable bonds is 4. The van der Waals surface area contributed by atoms with E-state index in [1.165, 1.54) is 5.56 Å². The molecule has 0 bridgehead atoms. The summed E-state index contributed by atoms with van der Waals surface area (Å²) in [5.74, 6) is 0.998. The lowest BCUT2D eigenvalue weighted by molar-refractivity contribution is 0.352. The third-order valence-corrected chi connectivity index (χ3v) is 3.39. The summed E-state index contributed by atoms with van der Waals surface area (Å²) in [5.41, 5.74) is 3.36. The highest BCUT2D eigenvalue weighted by atomic mass is 35.5. The standard InChI is InChI=1S/C15H15ClN2O/c16-13-7-11-4-6-19-15(11)12(8-13)9-17-10-14-3-1-2-5-18-14/h1-3,5,7-8,17H,4,6,9-10H2. The van der Waals surface area contributed by atoms with E-state index in [1.54, 1.807) is 6.20 Å². The Hall–Kier alpha value is -1.58. The molecule has 0 spiro atoms. The van der Waals surface area contributed by atoms with E-state index in [0.717, 1.165) is 48.1 Å². The van der Waals surface area contributed by atoms with Crippen LogP contribution in [0, 0.1) is 0 Å². The van der Waals surface area contributed by atoms with Gasteiger partial charge in [-0.2, -0.15) is 0 Å².